The molecule has 2 atom stereocenters. The highest BCUT2D eigenvalue weighted by Crippen LogP contribution is 2.29. The van der Waals surface area contributed by atoms with Crippen LogP contribution in [0.3, 0.4) is 0 Å². The fraction of sp³-hybridized carbons (Fsp3) is 0.529. The number of aryl methyl sites for hydroxylation is 2. The molecule has 1 aromatic rings. The maximum absolute atomic E-state index is 13.0. The van der Waals surface area contributed by atoms with Crippen molar-refractivity contribution in [2.75, 3.05) is 19.6 Å². The van der Waals surface area contributed by atoms with Crippen LogP contribution in [0.2, 0.25) is 0 Å². The van der Waals surface area contributed by atoms with E-state index in [-0.39, 0.29) is 31.5 Å². The minimum absolute atomic E-state index is 0.00439. The van der Waals surface area contributed by atoms with Crippen molar-refractivity contribution in [2.45, 2.75) is 37.6 Å². The molecule has 0 aliphatic carbocycles. The van der Waals surface area contributed by atoms with Crippen molar-refractivity contribution >= 4 is 21.9 Å². The third kappa shape index (κ3) is 3.28. The zero-order valence-electron chi connectivity index (χ0n) is 14.3. The molecule has 2 aliphatic rings. The number of amides is 1. The molecule has 7 nitrogen and oxygen atoms in total. The Hall–Kier alpha value is -1.93. The van der Waals surface area contributed by atoms with Gasteiger partial charge in [-0.25, -0.2) is 8.42 Å². The summed E-state index contributed by atoms with van der Waals surface area (Å²) in [5.74, 6) is -1.88. The van der Waals surface area contributed by atoms with Crippen molar-refractivity contribution < 1.29 is 23.1 Å². The first-order valence-electron chi connectivity index (χ1n) is 8.30. The summed E-state index contributed by atoms with van der Waals surface area (Å²) in [6, 6.07) is 5.07. The summed E-state index contributed by atoms with van der Waals surface area (Å²) >= 11 is 0. The Bertz CT molecular complexity index is 820. The molecule has 25 heavy (non-hydrogen) atoms. The van der Waals surface area contributed by atoms with Gasteiger partial charge in [0.2, 0.25) is 15.9 Å². The van der Waals surface area contributed by atoms with Gasteiger partial charge in [-0.2, -0.15) is 4.31 Å². The lowest BCUT2D eigenvalue weighted by molar-refractivity contribution is -0.141. The number of carboxylic acids is 1. The van der Waals surface area contributed by atoms with Gasteiger partial charge in [0, 0.05) is 32.1 Å². The first-order valence-corrected chi connectivity index (χ1v) is 9.74. The summed E-state index contributed by atoms with van der Waals surface area (Å²) in [5.41, 5.74) is 1.57. The zero-order valence-corrected chi connectivity index (χ0v) is 15.1. The van der Waals surface area contributed by atoms with Gasteiger partial charge < -0.3 is 10.0 Å². The standard InChI is InChI=1S/C17H22N2O5S/c1-11-3-4-12(2)15(7-11)25(23,24)18-6-5-14(10-18)19-9-13(17(21)22)8-16(19)20/h3-4,7,13-14H,5-6,8-10H2,1-2H3,(H,21,22). The van der Waals surface area contributed by atoms with Gasteiger partial charge in [-0.1, -0.05) is 12.1 Å². The number of aliphatic carboxylic acids is 1. The van der Waals surface area contributed by atoms with Crippen LogP contribution in [0, 0.1) is 19.8 Å². The van der Waals surface area contributed by atoms with Crippen molar-refractivity contribution in [1.29, 1.82) is 0 Å². The van der Waals surface area contributed by atoms with Crippen LogP contribution in [0.25, 0.3) is 0 Å². The van der Waals surface area contributed by atoms with Gasteiger partial charge in [0.1, 0.15) is 0 Å². The number of sulfonamides is 1. The average molecular weight is 366 g/mol. The fourth-order valence-corrected chi connectivity index (χ4v) is 5.36. The molecule has 0 radical (unpaired) electrons. The van der Waals surface area contributed by atoms with E-state index in [1.807, 2.05) is 13.0 Å². The highest BCUT2D eigenvalue weighted by atomic mass is 32.2. The number of carbonyl (C=O) groups is 2. The van der Waals surface area contributed by atoms with E-state index < -0.39 is 21.9 Å². The molecule has 0 saturated carbocycles. The molecule has 2 aliphatic heterocycles. The second-order valence-corrected chi connectivity index (χ2v) is 8.77. The molecule has 3 rings (SSSR count). The third-order valence-electron chi connectivity index (χ3n) is 5.04. The molecule has 0 spiro atoms. The van der Waals surface area contributed by atoms with E-state index >= 15 is 0 Å². The highest BCUT2D eigenvalue weighted by molar-refractivity contribution is 7.89. The van der Waals surface area contributed by atoms with Crippen molar-refractivity contribution in [3.05, 3.63) is 29.3 Å². The van der Waals surface area contributed by atoms with Gasteiger partial charge >= 0.3 is 5.97 Å². The Kier molecular flexibility index (Phi) is 4.59. The van der Waals surface area contributed by atoms with Gasteiger partial charge in [0.05, 0.1) is 10.8 Å². The first kappa shape index (κ1) is 17.9. The maximum Gasteiger partial charge on any atom is 0.308 e. The number of carbonyl (C=O) groups excluding carboxylic acids is 1. The Morgan fingerprint density at radius 2 is 1.96 bits per heavy atom. The number of nitrogens with zero attached hydrogens (tertiary/aromatic N) is 2. The molecule has 2 heterocycles. The van der Waals surface area contributed by atoms with E-state index in [0.717, 1.165) is 5.56 Å². The van der Waals surface area contributed by atoms with Crippen molar-refractivity contribution in [1.82, 2.24) is 9.21 Å². The van der Waals surface area contributed by atoms with Gasteiger partial charge in [0.25, 0.3) is 0 Å². The van der Waals surface area contributed by atoms with Gasteiger partial charge in [0.15, 0.2) is 0 Å². The molecule has 1 amide bonds. The highest BCUT2D eigenvalue weighted by Gasteiger charge is 2.42. The van der Waals surface area contributed by atoms with Crippen LogP contribution in [0.1, 0.15) is 24.0 Å². The molecule has 2 fully saturated rings. The van der Waals surface area contributed by atoms with E-state index in [1.165, 1.54) is 9.21 Å². The number of hydrogen-bond donors (Lipinski definition) is 1. The quantitative estimate of drug-likeness (QED) is 0.858. The molecule has 2 saturated heterocycles. The van der Waals surface area contributed by atoms with Crippen molar-refractivity contribution in [3.8, 4) is 0 Å². The number of carboxylic acid groups (broad SMARTS) is 1. The summed E-state index contributed by atoms with van der Waals surface area (Å²) in [4.78, 5) is 25.0. The van der Waals surface area contributed by atoms with Gasteiger partial charge in [-0.15, -0.1) is 0 Å². The van der Waals surface area contributed by atoms with Crippen LogP contribution < -0.4 is 0 Å². The minimum atomic E-state index is -3.62. The summed E-state index contributed by atoms with van der Waals surface area (Å²) < 4.78 is 27.3. The topological polar surface area (TPSA) is 95.0 Å². The predicted molar refractivity (Wildman–Crippen MR) is 90.5 cm³/mol. The van der Waals surface area contributed by atoms with E-state index in [4.69, 9.17) is 5.11 Å². The minimum Gasteiger partial charge on any atom is -0.481 e. The van der Waals surface area contributed by atoms with E-state index in [9.17, 15) is 18.0 Å². The second kappa shape index (κ2) is 6.42. The van der Waals surface area contributed by atoms with Crippen LogP contribution in [0.15, 0.2) is 23.1 Å². The van der Waals surface area contributed by atoms with Crippen LogP contribution in [0.4, 0.5) is 0 Å². The average Bonchev–Trinajstić information content (AvgIpc) is 3.16. The summed E-state index contributed by atoms with van der Waals surface area (Å²) in [5, 5.41) is 9.09. The van der Waals surface area contributed by atoms with E-state index in [1.54, 1.807) is 19.1 Å². The summed E-state index contributed by atoms with van der Waals surface area (Å²) in [6.07, 6.45) is 0.526. The molecular formula is C17H22N2O5S. The van der Waals surface area contributed by atoms with Crippen molar-refractivity contribution in [2.24, 2.45) is 5.92 Å². The molecule has 2 unspecified atom stereocenters. The van der Waals surface area contributed by atoms with Gasteiger partial charge in [-0.05, 0) is 37.5 Å². The molecular weight excluding hydrogens is 344 g/mol. The predicted octanol–water partition coefficient (Wildman–Crippen LogP) is 1.000. The molecule has 0 aromatic heterocycles. The summed E-state index contributed by atoms with van der Waals surface area (Å²) in [7, 11) is -3.62. The van der Waals surface area contributed by atoms with Gasteiger partial charge in [-0.3, -0.25) is 9.59 Å². The number of likely N-dealkylation sites (tertiary alicyclic amines) is 1. The zero-order chi connectivity index (χ0) is 18.4. The lowest BCUT2D eigenvalue weighted by atomic mass is 10.1. The first-order chi connectivity index (χ1) is 11.7. The molecule has 0 bridgehead atoms. The van der Waals surface area contributed by atoms with Crippen LogP contribution in [-0.4, -0.2) is 60.3 Å². The second-order valence-electron chi connectivity index (χ2n) is 6.86. The normalized spacial score (nSPS) is 24.9. The fourth-order valence-electron chi connectivity index (χ4n) is 3.56. The maximum atomic E-state index is 13.0. The lowest BCUT2D eigenvalue weighted by Crippen LogP contribution is -2.40. The van der Waals surface area contributed by atoms with Crippen LogP contribution in [-0.2, 0) is 19.6 Å². The molecule has 1 N–H and O–H groups in total. The Morgan fingerprint density at radius 3 is 2.60 bits per heavy atom. The van der Waals surface area contributed by atoms with E-state index in [0.29, 0.717) is 23.4 Å². The lowest BCUT2D eigenvalue weighted by Gasteiger charge is -2.24. The monoisotopic (exact) mass is 366 g/mol. The largest absolute Gasteiger partial charge is 0.481 e. The SMILES string of the molecule is Cc1ccc(C)c(S(=O)(=O)N2CCC(N3CC(C(=O)O)CC3=O)C2)c1. The number of hydrogen-bond acceptors (Lipinski definition) is 4. The Morgan fingerprint density at radius 1 is 1.24 bits per heavy atom. The van der Waals surface area contributed by atoms with E-state index in [2.05, 4.69) is 0 Å². The van der Waals surface area contributed by atoms with Crippen molar-refractivity contribution in [3.63, 3.8) is 0 Å². The third-order valence-corrected chi connectivity index (χ3v) is 7.04. The smallest absolute Gasteiger partial charge is 0.308 e. The van der Waals surface area contributed by atoms with Crippen LogP contribution in [0.5, 0.6) is 0 Å². The number of benzene rings is 1. The Balaban J connectivity index is 1.77. The molecule has 8 heteroatoms. The number of rotatable bonds is 4. The van der Waals surface area contributed by atoms with Crippen LogP contribution >= 0.6 is 0 Å². The summed E-state index contributed by atoms with van der Waals surface area (Å²) in [6.45, 7) is 4.33. The molecule has 136 valence electrons. The Labute approximate surface area is 147 Å². The molecule has 1 aromatic carbocycles.